The molecule has 2 heterocycles. The van der Waals surface area contributed by atoms with E-state index in [1.165, 1.54) is 6.08 Å². The Hall–Kier alpha value is -3.36. The predicted molar refractivity (Wildman–Crippen MR) is 162 cm³/mol. The van der Waals surface area contributed by atoms with Crippen LogP contribution in [-0.2, 0) is 9.53 Å². The lowest BCUT2D eigenvalue weighted by atomic mass is 9.93. The third kappa shape index (κ3) is 6.81. The van der Waals surface area contributed by atoms with Gasteiger partial charge in [0.25, 0.3) is 5.56 Å². The summed E-state index contributed by atoms with van der Waals surface area (Å²) in [7, 11) is 5.08. The van der Waals surface area contributed by atoms with Gasteiger partial charge in [0, 0.05) is 38.4 Å². The summed E-state index contributed by atoms with van der Waals surface area (Å²) in [5.41, 5.74) is 2.73. The molecule has 0 spiro atoms. The van der Waals surface area contributed by atoms with Gasteiger partial charge in [-0.2, -0.15) is 0 Å². The Morgan fingerprint density at radius 1 is 1.21 bits per heavy atom. The molecular weight excluding hydrogens is 492 g/mol. The summed E-state index contributed by atoms with van der Waals surface area (Å²) in [6.07, 6.45) is 13.5. The lowest BCUT2D eigenvalue weighted by molar-refractivity contribution is -0.126. The zero-order chi connectivity index (χ0) is 29.1. The summed E-state index contributed by atoms with van der Waals surface area (Å²) in [5.74, 6) is 0.394. The van der Waals surface area contributed by atoms with Crippen LogP contribution < -0.4 is 10.9 Å². The van der Waals surface area contributed by atoms with Crippen molar-refractivity contribution in [3.8, 4) is 0 Å². The Labute approximate surface area is 233 Å². The number of carbonyl (C=O) groups excluding carboxylic acids is 1. The average molecular weight is 541 g/mol. The highest BCUT2D eigenvalue weighted by Gasteiger charge is 2.32. The van der Waals surface area contributed by atoms with Crippen molar-refractivity contribution >= 4 is 28.5 Å². The lowest BCUT2D eigenvalue weighted by Gasteiger charge is -2.27. The summed E-state index contributed by atoms with van der Waals surface area (Å²) in [4.78, 5) is 36.6. The second-order valence-corrected chi connectivity index (χ2v) is 9.35. The van der Waals surface area contributed by atoms with E-state index in [0.29, 0.717) is 23.0 Å². The van der Waals surface area contributed by atoms with Gasteiger partial charge >= 0.3 is 0 Å². The van der Waals surface area contributed by atoms with Gasteiger partial charge in [0.05, 0.1) is 24.8 Å². The molecule has 2 unspecified atom stereocenters. The first-order chi connectivity index (χ1) is 18.9. The maximum Gasteiger partial charge on any atom is 0.277 e. The molecule has 1 N–H and O–H groups in total. The summed E-state index contributed by atoms with van der Waals surface area (Å²) in [6.45, 7) is 13.7. The average Bonchev–Trinajstić information content (AvgIpc) is 3.60. The Morgan fingerprint density at radius 2 is 1.90 bits per heavy atom. The molecule has 2 fully saturated rings. The van der Waals surface area contributed by atoms with Crippen molar-refractivity contribution in [2.75, 3.05) is 26.5 Å². The second-order valence-electron chi connectivity index (χ2n) is 9.35. The summed E-state index contributed by atoms with van der Waals surface area (Å²) < 4.78 is 9.37. The van der Waals surface area contributed by atoms with Crippen LogP contribution in [-0.4, -0.2) is 58.1 Å². The highest BCUT2D eigenvalue weighted by Crippen LogP contribution is 2.37. The van der Waals surface area contributed by atoms with Crippen LogP contribution in [0.25, 0.3) is 11.0 Å². The number of aliphatic imine (C=N–C) groups is 1. The third-order valence-corrected chi connectivity index (χ3v) is 7.37. The van der Waals surface area contributed by atoms with Gasteiger partial charge in [-0.05, 0) is 51.0 Å². The Kier molecular flexibility index (Phi) is 12.5. The van der Waals surface area contributed by atoms with Gasteiger partial charge < -0.3 is 24.1 Å². The van der Waals surface area contributed by atoms with Crippen molar-refractivity contribution in [1.29, 1.82) is 0 Å². The van der Waals surface area contributed by atoms with E-state index in [0.717, 1.165) is 56.3 Å². The molecule has 2 aliphatic carbocycles. The van der Waals surface area contributed by atoms with Crippen molar-refractivity contribution in [2.24, 2.45) is 4.99 Å². The molecule has 0 saturated heterocycles. The number of carbonyl (C=O) groups is 1. The number of methoxy groups -OCH3 is 1. The highest BCUT2D eigenvalue weighted by atomic mass is 16.5. The van der Waals surface area contributed by atoms with Crippen molar-refractivity contribution in [1.82, 2.24) is 19.0 Å². The largest absolute Gasteiger partial charge is 0.480 e. The molecule has 2 aromatic heterocycles. The molecule has 216 valence electrons. The van der Waals surface area contributed by atoms with E-state index in [2.05, 4.69) is 26.4 Å². The van der Waals surface area contributed by atoms with Crippen LogP contribution in [0.2, 0.25) is 0 Å². The minimum atomic E-state index is -0.0934. The van der Waals surface area contributed by atoms with Gasteiger partial charge in [-0.1, -0.05) is 47.3 Å². The van der Waals surface area contributed by atoms with Crippen molar-refractivity contribution in [2.45, 2.75) is 97.7 Å². The van der Waals surface area contributed by atoms with Gasteiger partial charge in [0.2, 0.25) is 11.8 Å². The van der Waals surface area contributed by atoms with Crippen LogP contribution in [0.4, 0.5) is 5.69 Å². The zero-order valence-corrected chi connectivity index (χ0v) is 25.2. The third-order valence-electron chi connectivity index (χ3n) is 7.37. The Balaban J connectivity index is 0.00000127. The van der Waals surface area contributed by atoms with Crippen molar-refractivity contribution in [3.05, 3.63) is 47.3 Å². The zero-order valence-electron chi connectivity index (χ0n) is 25.2. The van der Waals surface area contributed by atoms with Gasteiger partial charge in [-0.15, -0.1) is 0 Å². The normalized spacial score (nSPS) is 19.3. The smallest absolute Gasteiger partial charge is 0.277 e. The molecular formula is C30H48N6O3. The SMILES string of the molecule is C=CC(=O)N(C)C1CCC(n2cc(N/C(=C/CC)C(=NC)OC)c3ncn(C4CCC4)c3c2=O)C1.CC.CC. The maximum absolute atomic E-state index is 13.8. The molecule has 4 rings (SSSR count). The number of amides is 1. The number of fused-ring (bicyclic) bond motifs is 1. The van der Waals surface area contributed by atoms with Crippen LogP contribution in [0, 0.1) is 0 Å². The molecule has 9 heteroatoms. The van der Waals surface area contributed by atoms with Crippen molar-refractivity contribution < 1.29 is 9.53 Å². The molecule has 0 aliphatic heterocycles. The van der Waals surface area contributed by atoms with Crippen LogP contribution in [0.3, 0.4) is 0 Å². The minimum Gasteiger partial charge on any atom is -0.480 e. The van der Waals surface area contributed by atoms with Crippen LogP contribution >= 0.6 is 0 Å². The molecule has 9 nitrogen and oxygen atoms in total. The van der Waals surface area contributed by atoms with E-state index >= 15 is 0 Å². The quantitative estimate of drug-likeness (QED) is 0.248. The number of imidazole rings is 1. The van der Waals surface area contributed by atoms with E-state index in [1.807, 2.05) is 51.5 Å². The highest BCUT2D eigenvalue weighted by molar-refractivity contribution is 5.99. The van der Waals surface area contributed by atoms with Gasteiger partial charge in [0.1, 0.15) is 11.0 Å². The summed E-state index contributed by atoms with van der Waals surface area (Å²) in [6, 6.07) is 0.369. The first-order valence-corrected chi connectivity index (χ1v) is 14.4. The number of aromatic nitrogens is 3. The van der Waals surface area contributed by atoms with Crippen molar-refractivity contribution in [3.63, 3.8) is 0 Å². The molecule has 2 atom stereocenters. The number of ether oxygens (including phenoxy) is 1. The number of allylic oxidation sites excluding steroid dienone is 1. The Morgan fingerprint density at radius 3 is 2.44 bits per heavy atom. The van der Waals surface area contributed by atoms with E-state index in [4.69, 9.17) is 4.74 Å². The van der Waals surface area contributed by atoms with E-state index in [1.54, 1.807) is 32.4 Å². The number of likely N-dealkylation sites (N-methyl/N-ethyl adjacent to an activating group) is 1. The molecule has 0 aromatic carbocycles. The fourth-order valence-corrected chi connectivity index (χ4v) is 5.18. The predicted octanol–water partition coefficient (Wildman–Crippen LogP) is 6.09. The number of rotatable bonds is 8. The second kappa shape index (κ2) is 15.3. The van der Waals surface area contributed by atoms with Crippen LogP contribution in [0.1, 0.15) is 91.6 Å². The molecule has 0 bridgehead atoms. The standard InChI is InChI=1S/C26H36N6O3.2C2H6/c1-6-9-20(25(27-3)35-5)29-21-15-31(19-13-12-18(14-19)30(4)22(33)7-2)26(34)24-23(21)28-16-32(24)17-10-8-11-17;2*1-2/h7,9,15-19,29H,2,6,8,10-14H2,1,3-5H3;2*1-2H3/b20-9+,27-25?;;. The number of hydrogen-bond donors (Lipinski definition) is 1. The number of nitrogens with one attached hydrogen (secondary N) is 1. The number of nitrogens with zero attached hydrogens (tertiary/aromatic N) is 5. The number of hydrogen-bond acceptors (Lipinski definition) is 6. The number of anilines is 1. The maximum atomic E-state index is 13.8. The Bertz CT molecular complexity index is 1220. The summed E-state index contributed by atoms with van der Waals surface area (Å²) in [5, 5.41) is 3.46. The molecule has 1 amide bonds. The minimum absolute atomic E-state index is 0.0115. The van der Waals surface area contributed by atoms with Gasteiger partial charge in [-0.3, -0.25) is 14.6 Å². The van der Waals surface area contributed by atoms with E-state index in [-0.39, 0.29) is 23.6 Å². The van der Waals surface area contributed by atoms with Gasteiger partial charge in [0.15, 0.2) is 0 Å². The monoisotopic (exact) mass is 540 g/mol. The van der Waals surface area contributed by atoms with E-state index in [9.17, 15) is 9.59 Å². The van der Waals surface area contributed by atoms with E-state index < -0.39 is 0 Å². The lowest BCUT2D eigenvalue weighted by Crippen LogP contribution is -2.35. The summed E-state index contributed by atoms with van der Waals surface area (Å²) >= 11 is 0. The molecule has 2 aliphatic rings. The first kappa shape index (κ1) is 31.9. The van der Waals surface area contributed by atoms with Crippen LogP contribution in [0.15, 0.2) is 46.7 Å². The fraction of sp³-hybridized carbons (Fsp3) is 0.600. The molecule has 2 aromatic rings. The first-order valence-electron chi connectivity index (χ1n) is 14.4. The molecule has 0 radical (unpaired) electrons. The molecule has 2 saturated carbocycles. The topological polar surface area (TPSA) is 93.8 Å². The van der Waals surface area contributed by atoms with Crippen LogP contribution in [0.5, 0.6) is 0 Å². The number of pyridine rings is 1. The van der Waals surface area contributed by atoms with Gasteiger partial charge in [-0.25, -0.2) is 4.98 Å². The fourth-order valence-electron chi connectivity index (χ4n) is 5.18. The molecule has 39 heavy (non-hydrogen) atoms.